The number of hydrogen-bond acceptors (Lipinski definition) is 8. The predicted octanol–water partition coefficient (Wildman–Crippen LogP) is 2.05. The van der Waals surface area contributed by atoms with Crippen molar-refractivity contribution in [2.75, 3.05) is 26.3 Å². The molecule has 148 valence electrons. The van der Waals surface area contributed by atoms with E-state index >= 15 is 0 Å². The first-order valence-corrected chi connectivity index (χ1v) is 9.04. The number of ketones is 1. The summed E-state index contributed by atoms with van der Waals surface area (Å²) in [6.45, 7) is 2.59. The highest BCUT2D eigenvalue weighted by Crippen LogP contribution is 2.51. The third kappa shape index (κ3) is 3.21. The molecule has 0 bridgehead atoms. The van der Waals surface area contributed by atoms with Crippen LogP contribution in [0.4, 0.5) is 0 Å². The van der Waals surface area contributed by atoms with Crippen molar-refractivity contribution in [1.29, 1.82) is 0 Å². The van der Waals surface area contributed by atoms with Gasteiger partial charge in [-0.1, -0.05) is 12.1 Å². The zero-order valence-corrected chi connectivity index (χ0v) is 15.1. The smallest absolute Gasteiger partial charge is 0.201 e. The molecule has 0 saturated carbocycles. The lowest BCUT2D eigenvalue weighted by atomic mass is 9.92. The largest absolute Gasteiger partial charge is 0.508 e. The molecule has 1 unspecified atom stereocenters. The Labute approximate surface area is 161 Å². The van der Waals surface area contributed by atoms with Crippen LogP contribution in [0.1, 0.15) is 34.0 Å². The van der Waals surface area contributed by atoms with E-state index in [9.17, 15) is 25.2 Å². The number of aromatic hydroxyl groups is 4. The number of morpholine rings is 1. The fourth-order valence-electron chi connectivity index (χ4n) is 3.59. The summed E-state index contributed by atoms with van der Waals surface area (Å²) in [5, 5.41) is 40.3. The summed E-state index contributed by atoms with van der Waals surface area (Å²) in [4.78, 5) is 14.8. The molecule has 2 aliphatic heterocycles. The van der Waals surface area contributed by atoms with Gasteiger partial charge in [0.25, 0.3) is 0 Å². The molecule has 8 nitrogen and oxygen atoms in total. The van der Waals surface area contributed by atoms with E-state index in [4.69, 9.17) is 9.47 Å². The molecule has 0 aliphatic carbocycles. The Balaban J connectivity index is 1.76. The van der Waals surface area contributed by atoms with Crippen LogP contribution in [-0.2, 0) is 11.3 Å². The number of fused-ring (bicyclic) bond motifs is 1. The van der Waals surface area contributed by atoms with Crippen LogP contribution in [0.2, 0.25) is 0 Å². The van der Waals surface area contributed by atoms with Crippen molar-refractivity contribution < 1.29 is 34.7 Å². The average Bonchev–Trinajstić information content (AvgIpc) is 2.70. The van der Waals surface area contributed by atoms with Crippen molar-refractivity contribution in [3.8, 4) is 28.7 Å². The summed E-state index contributed by atoms with van der Waals surface area (Å²) in [6.07, 6.45) is -0.667. The van der Waals surface area contributed by atoms with Gasteiger partial charge in [0.05, 0.1) is 25.2 Å². The lowest BCUT2D eigenvalue weighted by molar-refractivity contribution is 0.0329. The molecule has 0 radical (unpaired) electrons. The van der Waals surface area contributed by atoms with Gasteiger partial charge in [0.1, 0.15) is 23.2 Å². The molecule has 4 N–H and O–H groups in total. The van der Waals surface area contributed by atoms with E-state index in [2.05, 4.69) is 0 Å². The molecular formula is C20H21NO7. The Hall–Kier alpha value is -2.97. The van der Waals surface area contributed by atoms with Gasteiger partial charge in [0.15, 0.2) is 17.3 Å². The van der Waals surface area contributed by atoms with E-state index in [0.29, 0.717) is 31.9 Å². The minimum absolute atomic E-state index is 0.0352. The maximum atomic E-state index is 12.7. The van der Waals surface area contributed by atoms with Gasteiger partial charge in [-0.3, -0.25) is 9.69 Å². The SMILES string of the molecule is O=C1CC(c2ccc(O)cc2)Oc2c(CN3CCOCC3)c(O)c(O)c(O)c21. The van der Waals surface area contributed by atoms with Crippen molar-refractivity contribution in [2.24, 2.45) is 0 Å². The lowest BCUT2D eigenvalue weighted by Gasteiger charge is -2.31. The second-order valence-electron chi connectivity index (χ2n) is 6.94. The molecule has 0 aromatic heterocycles. The maximum absolute atomic E-state index is 12.7. The summed E-state index contributed by atoms with van der Waals surface area (Å²) >= 11 is 0. The van der Waals surface area contributed by atoms with Gasteiger partial charge < -0.3 is 29.9 Å². The van der Waals surface area contributed by atoms with E-state index < -0.39 is 29.1 Å². The summed E-state index contributed by atoms with van der Waals surface area (Å²) in [6, 6.07) is 6.30. The molecule has 0 spiro atoms. The van der Waals surface area contributed by atoms with E-state index in [-0.39, 0.29) is 35.6 Å². The standard InChI is InChI=1S/C20H21NO7/c22-12-3-1-11(2-4-12)15-9-14(23)16-18(25)19(26)17(24)13(20(16)28-15)10-21-5-7-27-8-6-21/h1-4,15,22,24-26H,5-10H2. The number of carbonyl (C=O) groups is 1. The van der Waals surface area contributed by atoms with Crippen LogP contribution < -0.4 is 4.74 Å². The van der Waals surface area contributed by atoms with Crippen LogP contribution in [0.3, 0.4) is 0 Å². The van der Waals surface area contributed by atoms with Gasteiger partial charge in [0.2, 0.25) is 5.75 Å². The topological polar surface area (TPSA) is 120 Å². The number of rotatable bonds is 3. The van der Waals surface area contributed by atoms with Crippen molar-refractivity contribution >= 4 is 5.78 Å². The Morgan fingerprint density at radius 3 is 2.32 bits per heavy atom. The molecule has 2 aromatic rings. The number of ether oxygens (including phenoxy) is 2. The van der Waals surface area contributed by atoms with E-state index in [1.807, 2.05) is 4.90 Å². The molecular weight excluding hydrogens is 366 g/mol. The van der Waals surface area contributed by atoms with Crippen LogP contribution in [0, 0.1) is 0 Å². The molecule has 28 heavy (non-hydrogen) atoms. The molecule has 2 aromatic carbocycles. The van der Waals surface area contributed by atoms with Crippen LogP contribution in [0.25, 0.3) is 0 Å². The summed E-state index contributed by atoms with van der Waals surface area (Å²) in [7, 11) is 0. The Kier molecular flexibility index (Phi) is 4.74. The molecule has 1 saturated heterocycles. The highest BCUT2D eigenvalue weighted by atomic mass is 16.5. The van der Waals surface area contributed by atoms with E-state index in [1.165, 1.54) is 12.1 Å². The molecule has 1 atom stereocenters. The minimum Gasteiger partial charge on any atom is -0.508 e. The second kappa shape index (κ2) is 7.21. The highest BCUT2D eigenvalue weighted by Gasteiger charge is 2.36. The molecule has 0 amide bonds. The average molecular weight is 387 g/mol. The molecule has 4 rings (SSSR count). The lowest BCUT2D eigenvalue weighted by Crippen LogP contribution is -2.36. The molecule has 2 heterocycles. The Morgan fingerprint density at radius 2 is 1.64 bits per heavy atom. The fourth-order valence-corrected chi connectivity index (χ4v) is 3.59. The number of carbonyl (C=O) groups excluding carboxylic acids is 1. The van der Waals surface area contributed by atoms with Gasteiger partial charge in [0, 0.05) is 19.6 Å². The predicted molar refractivity (Wildman–Crippen MR) is 98.0 cm³/mol. The number of benzene rings is 2. The number of Topliss-reactive ketones (excluding diaryl/α,β-unsaturated/α-hetero) is 1. The number of nitrogens with zero attached hydrogens (tertiary/aromatic N) is 1. The van der Waals surface area contributed by atoms with Crippen LogP contribution in [-0.4, -0.2) is 57.4 Å². The summed E-state index contributed by atoms with van der Waals surface area (Å²) in [5.74, 6) is -2.11. The van der Waals surface area contributed by atoms with Crippen LogP contribution in [0.5, 0.6) is 28.7 Å². The molecule has 2 aliphatic rings. The molecule has 8 heteroatoms. The first-order chi connectivity index (χ1) is 13.5. The van der Waals surface area contributed by atoms with Gasteiger partial charge in [-0.25, -0.2) is 0 Å². The molecule has 1 fully saturated rings. The van der Waals surface area contributed by atoms with Crippen molar-refractivity contribution in [3.63, 3.8) is 0 Å². The first-order valence-electron chi connectivity index (χ1n) is 9.04. The summed E-state index contributed by atoms with van der Waals surface area (Å²) in [5.41, 5.74) is 0.818. The third-order valence-corrected chi connectivity index (χ3v) is 5.13. The number of phenols is 4. The van der Waals surface area contributed by atoms with Gasteiger partial charge in [-0.05, 0) is 17.7 Å². The van der Waals surface area contributed by atoms with E-state index in [0.717, 1.165) is 0 Å². The van der Waals surface area contributed by atoms with E-state index in [1.54, 1.807) is 12.1 Å². The quantitative estimate of drug-likeness (QED) is 0.591. The van der Waals surface area contributed by atoms with Crippen molar-refractivity contribution in [1.82, 2.24) is 4.90 Å². The zero-order valence-electron chi connectivity index (χ0n) is 15.1. The fraction of sp³-hybridized carbons (Fsp3) is 0.350. The third-order valence-electron chi connectivity index (χ3n) is 5.13. The Bertz CT molecular complexity index is 904. The van der Waals surface area contributed by atoms with Crippen LogP contribution >= 0.6 is 0 Å². The normalized spacial score (nSPS) is 19.9. The Morgan fingerprint density at radius 1 is 0.964 bits per heavy atom. The monoisotopic (exact) mass is 387 g/mol. The zero-order chi connectivity index (χ0) is 19.8. The van der Waals surface area contributed by atoms with Gasteiger partial charge >= 0.3 is 0 Å². The van der Waals surface area contributed by atoms with Crippen molar-refractivity contribution in [2.45, 2.75) is 19.1 Å². The van der Waals surface area contributed by atoms with Gasteiger partial charge in [-0.15, -0.1) is 0 Å². The van der Waals surface area contributed by atoms with Gasteiger partial charge in [-0.2, -0.15) is 0 Å². The number of phenolic OH excluding ortho intramolecular Hbond substituents is 4. The highest BCUT2D eigenvalue weighted by molar-refractivity contribution is 6.04. The maximum Gasteiger partial charge on any atom is 0.201 e. The first kappa shape index (κ1) is 18.4. The van der Waals surface area contributed by atoms with Crippen LogP contribution in [0.15, 0.2) is 24.3 Å². The minimum atomic E-state index is -0.720. The summed E-state index contributed by atoms with van der Waals surface area (Å²) < 4.78 is 11.4. The van der Waals surface area contributed by atoms with Crippen molar-refractivity contribution in [3.05, 3.63) is 41.0 Å². The number of hydrogen-bond donors (Lipinski definition) is 4. The second-order valence-corrected chi connectivity index (χ2v) is 6.94.